The SMILES string of the molecule is CC(C)[C@@H](NC(=O)CC(C)(C)C)C(=O)N1CC[C@H](C2=CC=C(Cl)CC2)C(C)(C)C1. The highest BCUT2D eigenvalue weighted by Gasteiger charge is 2.41. The maximum Gasteiger partial charge on any atom is 0.245 e. The molecular weight excluding hydrogens is 384 g/mol. The summed E-state index contributed by atoms with van der Waals surface area (Å²) in [4.78, 5) is 27.8. The van der Waals surface area contributed by atoms with Gasteiger partial charge in [0.1, 0.15) is 6.04 Å². The van der Waals surface area contributed by atoms with Gasteiger partial charge in [0.25, 0.3) is 0 Å². The van der Waals surface area contributed by atoms with E-state index in [1.807, 2.05) is 45.6 Å². The van der Waals surface area contributed by atoms with E-state index < -0.39 is 6.04 Å². The van der Waals surface area contributed by atoms with Crippen LogP contribution in [0, 0.1) is 22.7 Å². The van der Waals surface area contributed by atoms with Gasteiger partial charge in [0.2, 0.25) is 11.8 Å². The summed E-state index contributed by atoms with van der Waals surface area (Å²) in [6.07, 6.45) is 7.50. The summed E-state index contributed by atoms with van der Waals surface area (Å²) in [6, 6.07) is -0.465. The van der Waals surface area contributed by atoms with E-state index in [9.17, 15) is 9.59 Å². The van der Waals surface area contributed by atoms with Crippen LogP contribution in [0.3, 0.4) is 0 Å². The molecule has 1 aliphatic heterocycles. The van der Waals surface area contributed by atoms with Crippen molar-refractivity contribution in [2.24, 2.45) is 22.7 Å². The van der Waals surface area contributed by atoms with Gasteiger partial charge in [0.15, 0.2) is 0 Å². The van der Waals surface area contributed by atoms with Crippen molar-refractivity contribution in [3.8, 4) is 0 Å². The third kappa shape index (κ3) is 6.60. The first-order chi connectivity index (χ1) is 13.3. The lowest BCUT2D eigenvalue weighted by molar-refractivity contribution is -0.141. The van der Waals surface area contributed by atoms with Crippen LogP contribution in [0.2, 0.25) is 0 Å². The summed E-state index contributed by atoms with van der Waals surface area (Å²) in [5.41, 5.74) is 1.35. The molecule has 2 atom stereocenters. The second-order valence-corrected chi connectivity index (χ2v) is 11.5. The number of hydrogen-bond acceptors (Lipinski definition) is 2. The summed E-state index contributed by atoms with van der Waals surface area (Å²) in [5, 5.41) is 3.93. The Balaban J connectivity index is 2.08. The second-order valence-electron chi connectivity index (χ2n) is 11.0. The van der Waals surface area contributed by atoms with E-state index in [4.69, 9.17) is 11.6 Å². The number of carbonyl (C=O) groups excluding carboxylic acids is 2. The normalized spacial score (nSPS) is 23.3. The van der Waals surface area contributed by atoms with Crippen LogP contribution in [0.25, 0.3) is 0 Å². The van der Waals surface area contributed by atoms with Gasteiger partial charge in [-0.05, 0) is 48.0 Å². The van der Waals surface area contributed by atoms with Gasteiger partial charge in [0, 0.05) is 24.5 Å². The minimum Gasteiger partial charge on any atom is -0.344 e. The van der Waals surface area contributed by atoms with Crippen LogP contribution >= 0.6 is 11.6 Å². The largest absolute Gasteiger partial charge is 0.344 e. The molecule has 2 aliphatic rings. The van der Waals surface area contributed by atoms with Gasteiger partial charge in [-0.25, -0.2) is 0 Å². The Bertz CT molecular complexity index is 685. The Morgan fingerprint density at radius 1 is 1.24 bits per heavy atom. The van der Waals surface area contributed by atoms with E-state index in [-0.39, 0.29) is 28.6 Å². The summed E-state index contributed by atoms with van der Waals surface area (Å²) >= 11 is 6.13. The van der Waals surface area contributed by atoms with E-state index in [0.29, 0.717) is 18.9 Å². The minimum atomic E-state index is -0.465. The van der Waals surface area contributed by atoms with E-state index in [1.54, 1.807) is 0 Å². The number of likely N-dealkylation sites (tertiary alicyclic amines) is 1. The zero-order chi connectivity index (χ0) is 22.0. The van der Waals surface area contributed by atoms with Gasteiger partial charge >= 0.3 is 0 Å². The Hall–Kier alpha value is -1.29. The number of piperidine rings is 1. The van der Waals surface area contributed by atoms with Gasteiger partial charge in [0.05, 0.1) is 0 Å². The van der Waals surface area contributed by atoms with Gasteiger partial charge in [-0.15, -0.1) is 0 Å². The fourth-order valence-corrected chi connectivity index (χ4v) is 4.72. The smallest absolute Gasteiger partial charge is 0.245 e. The average Bonchev–Trinajstić information content (AvgIpc) is 2.57. The fraction of sp³-hybridized carbons (Fsp3) is 0.750. The van der Waals surface area contributed by atoms with E-state index in [0.717, 1.165) is 30.8 Å². The number of nitrogens with zero attached hydrogens (tertiary/aromatic N) is 1. The number of rotatable bonds is 5. The molecule has 0 aromatic heterocycles. The molecule has 1 fully saturated rings. The monoisotopic (exact) mass is 422 g/mol. The summed E-state index contributed by atoms with van der Waals surface area (Å²) < 4.78 is 0. The quantitative estimate of drug-likeness (QED) is 0.655. The van der Waals surface area contributed by atoms with Crippen LogP contribution in [0.4, 0.5) is 0 Å². The summed E-state index contributed by atoms with van der Waals surface area (Å²) in [5.74, 6) is 0.519. The van der Waals surface area contributed by atoms with Crippen molar-refractivity contribution in [1.29, 1.82) is 0 Å². The van der Waals surface area contributed by atoms with E-state index >= 15 is 0 Å². The average molecular weight is 423 g/mol. The lowest BCUT2D eigenvalue weighted by Gasteiger charge is -2.46. The van der Waals surface area contributed by atoms with Crippen LogP contribution in [-0.2, 0) is 9.59 Å². The molecule has 5 heteroatoms. The molecule has 164 valence electrons. The molecule has 1 saturated heterocycles. The number of nitrogens with one attached hydrogen (secondary N) is 1. The van der Waals surface area contributed by atoms with Crippen molar-refractivity contribution >= 4 is 23.4 Å². The highest BCUT2D eigenvalue weighted by atomic mass is 35.5. The summed E-state index contributed by atoms with van der Waals surface area (Å²) in [7, 11) is 0. The van der Waals surface area contributed by atoms with E-state index in [1.165, 1.54) is 5.57 Å². The first kappa shape index (κ1) is 24.0. The molecule has 1 aliphatic carbocycles. The number of halogens is 1. The molecular formula is C24H39ClN2O2. The van der Waals surface area contributed by atoms with Gasteiger partial charge in [-0.3, -0.25) is 9.59 Å². The molecule has 0 aromatic rings. The highest BCUT2D eigenvalue weighted by molar-refractivity contribution is 6.29. The predicted molar refractivity (Wildman–Crippen MR) is 121 cm³/mol. The maximum absolute atomic E-state index is 13.3. The van der Waals surface area contributed by atoms with Gasteiger partial charge in [-0.2, -0.15) is 0 Å². The zero-order valence-corrected chi connectivity index (χ0v) is 20.0. The van der Waals surface area contributed by atoms with Crippen molar-refractivity contribution in [1.82, 2.24) is 10.2 Å². The van der Waals surface area contributed by atoms with Crippen LogP contribution in [-0.4, -0.2) is 35.8 Å². The molecule has 0 spiro atoms. The Kier molecular flexibility index (Phi) is 7.64. The second kappa shape index (κ2) is 9.24. The third-order valence-electron chi connectivity index (χ3n) is 6.06. The molecule has 29 heavy (non-hydrogen) atoms. The standard InChI is InChI=1S/C24H39ClN2O2/c1-16(2)21(26-20(28)14-23(3,4)5)22(29)27-13-12-19(24(6,7)15-27)17-8-10-18(25)11-9-17/h8,10,16,19,21H,9,11-15H2,1-7H3,(H,26,28)/t19-,21-/m1/s1. The van der Waals surface area contributed by atoms with Crippen LogP contribution in [0.15, 0.2) is 22.8 Å². The Morgan fingerprint density at radius 3 is 2.38 bits per heavy atom. The predicted octanol–water partition coefficient (Wildman–Crippen LogP) is 5.28. The number of carbonyl (C=O) groups is 2. The van der Waals surface area contributed by atoms with Crippen molar-refractivity contribution in [3.63, 3.8) is 0 Å². The lowest BCUT2D eigenvalue weighted by Crippen LogP contribution is -2.56. The molecule has 0 radical (unpaired) electrons. The minimum absolute atomic E-state index is 0.00561. The zero-order valence-electron chi connectivity index (χ0n) is 19.3. The molecule has 2 amide bonds. The first-order valence-corrected chi connectivity index (χ1v) is 11.3. The number of amides is 2. The van der Waals surface area contributed by atoms with Gasteiger partial charge in [-0.1, -0.05) is 71.7 Å². The molecule has 4 nitrogen and oxygen atoms in total. The molecule has 0 bridgehead atoms. The maximum atomic E-state index is 13.3. The van der Waals surface area contributed by atoms with Crippen LogP contribution in [0.1, 0.15) is 74.1 Å². The van der Waals surface area contributed by atoms with Crippen molar-refractivity contribution in [2.45, 2.75) is 80.2 Å². The first-order valence-electron chi connectivity index (χ1n) is 10.9. The van der Waals surface area contributed by atoms with Crippen LogP contribution < -0.4 is 5.32 Å². The molecule has 0 aromatic carbocycles. The molecule has 1 N–H and O–H groups in total. The molecule has 1 heterocycles. The van der Waals surface area contributed by atoms with Crippen molar-refractivity contribution in [3.05, 3.63) is 22.8 Å². The Morgan fingerprint density at radius 2 is 1.90 bits per heavy atom. The molecule has 0 unspecified atom stereocenters. The topological polar surface area (TPSA) is 49.4 Å². The highest BCUT2D eigenvalue weighted by Crippen LogP contribution is 2.43. The summed E-state index contributed by atoms with van der Waals surface area (Å²) in [6.45, 7) is 16.1. The van der Waals surface area contributed by atoms with Crippen LogP contribution in [0.5, 0.6) is 0 Å². The third-order valence-corrected chi connectivity index (χ3v) is 6.37. The van der Waals surface area contributed by atoms with E-state index in [2.05, 4.69) is 25.2 Å². The van der Waals surface area contributed by atoms with Gasteiger partial charge < -0.3 is 10.2 Å². The van der Waals surface area contributed by atoms with Crippen molar-refractivity contribution < 1.29 is 9.59 Å². The Labute approximate surface area is 182 Å². The number of allylic oxidation sites excluding steroid dienone is 4. The van der Waals surface area contributed by atoms with Crippen molar-refractivity contribution in [2.75, 3.05) is 13.1 Å². The number of hydrogen-bond donors (Lipinski definition) is 1. The lowest BCUT2D eigenvalue weighted by atomic mass is 9.68. The fourth-order valence-electron chi connectivity index (χ4n) is 4.57. The molecule has 2 rings (SSSR count). The molecule has 0 saturated carbocycles.